The van der Waals surface area contributed by atoms with Crippen molar-refractivity contribution in [3.63, 3.8) is 0 Å². The summed E-state index contributed by atoms with van der Waals surface area (Å²) in [6, 6.07) is 0. The van der Waals surface area contributed by atoms with Gasteiger partial charge in [-0.1, -0.05) is 0 Å². The Kier molecular flexibility index (Phi) is 3.87. The van der Waals surface area contributed by atoms with Crippen LogP contribution in [0.2, 0.25) is 0 Å². The van der Waals surface area contributed by atoms with Gasteiger partial charge in [0.05, 0.1) is 6.61 Å². The molecule has 1 heterocycles. The van der Waals surface area contributed by atoms with Gasteiger partial charge in [0.25, 0.3) is 0 Å². The molecule has 0 amide bonds. The quantitative estimate of drug-likeness (QED) is 0.727. The Hall–Kier alpha value is -2.05. The number of anilines is 2. The summed E-state index contributed by atoms with van der Waals surface area (Å²) >= 11 is 0. The highest BCUT2D eigenvalue weighted by Gasteiger charge is 2.14. The van der Waals surface area contributed by atoms with Crippen LogP contribution in [-0.2, 0) is 4.79 Å². The van der Waals surface area contributed by atoms with Crippen molar-refractivity contribution in [3.8, 4) is 5.88 Å². The molecule has 1 aromatic heterocycles. The van der Waals surface area contributed by atoms with Crippen molar-refractivity contribution in [2.45, 2.75) is 6.92 Å². The van der Waals surface area contributed by atoms with E-state index in [2.05, 4.69) is 9.97 Å². The minimum absolute atomic E-state index is 0.188. The first-order chi connectivity index (χ1) is 7.56. The van der Waals surface area contributed by atoms with Crippen molar-refractivity contribution in [2.24, 2.45) is 0 Å². The highest BCUT2D eigenvalue weighted by molar-refractivity contribution is 5.76. The molecule has 0 unspecified atom stereocenters. The molecule has 0 aliphatic heterocycles. The first-order valence-corrected chi connectivity index (χ1v) is 4.72. The minimum Gasteiger partial charge on any atom is -0.480 e. The fourth-order valence-corrected chi connectivity index (χ4v) is 1.20. The maximum Gasteiger partial charge on any atom is 0.323 e. The second-order valence-corrected chi connectivity index (χ2v) is 3.10. The summed E-state index contributed by atoms with van der Waals surface area (Å²) in [4.78, 5) is 19.7. The monoisotopic (exact) mass is 226 g/mol. The third-order valence-corrected chi connectivity index (χ3v) is 1.84. The molecule has 0 aromatic carbocycles. The molecule has 7 heteroatoms. The van der Waals surface area contributed by atoms with Crippen LogP contribution in [0.4, 0.5) is 11.5 Å². The number of rotatable bonds is 5. The number of hydrogen-bond acceptors (Lipinski definition) is 6. The standard InChI is InChI=1S/C9H14N4O3/c1-3-16-9-7(10)8(11-5-12-9)13(2)4-6(14)15/h5H,3-4,10H2,1-2H3,(H,14,15). The Balaban J connectivity index is 2.95. The molecule has 0 aliphatic carbocycles. The molecule has 0 bridgehead atoms. The molecule has 0 fully saturated rings. The second-order valence-electron chi connectivity index (χ2n) is 3.10. The third kappa shape index (κ3) is 2.72. The average molecular weight is 226 g/mol. The van der Waals surface area contributed by atoms with Crippen LogP contribution in [-0.4, -0.2) is 41.2 Å². The van der Waals surface area contributed by atoms with Crippen LogP contribution in [0.15, 0.2) is 6.33 Å². The number of nitrogens with two attached hydrogens (primary N) is 1. The summed E-state index contributed by atoms with van der Waals surface area (Å²) in [7, 11) is 1.59. The van der Waals surface area contributed by atoms with Crippen molar-refractivity contribution < 1.29 is 14.6 Å². The molecular formula is C9H14N4O3. The molecule has 1 aromatic rings. The largest absolute Gasteiger partial charge is 0.480 e. The van der Waals surface area contributed by atoms with Gasteiger partial charge in [0, 0.05) is 7.05 Å². The maximum absolute atomic E-state index is 10.5. The van der Waals surface area contributed by atoms with Gasteiger partial charge in [0.2, 0.25) is 5.88 Å². The lowest BCUT2D eigenvalue weighted by atomic mass is 10.4. The zero-order chi connectivity index (χ0) is 12.1. The van der Waals surface area contributed by atoms with Gasteiger partial charge in [-0.25, -0.2) is 4.98 Å². The Morgan fingerprint density at radius 2 is 2.31 bits per heavy atom. The van der Waals surface area contributed by atoms with E-state index in [1.54, 1.807) is 7.05 Å². The van der Waals surface area contributed by atoms with Crippen molar-refractivity contribution in [1.82, 2.24) is 9.97 Å². The molecule has 3 N–H and O–H groups in total. The Morgan fingerprint density at radius 3 is 2.88 bits per heavy atom. The van der Waals surface area contributed by atoms with Gasteiger partial charge >= 0.3 is 5.97 Å². The van der Waals surface area contributed by atoms with E-state index in [1.165, 1.54) is 11.2 Å². The van der Waals surface area contributed by atoms with Crippen molar-refractivity contribution >= 4 is 17.5 Å². The van der Waals surface area contributed by atoms with Gasteiger partial charge in [-0.15, -0.1) is 0 Å². The van der Waals surface area contributed by atoms with Gasteiger partial charge in [0.15, 0.2) is 5.82 Å². The topological polar surface area (TPSA) is 102 Å². The predicted molar refractivity (Wildman–Crippen MR) is 58.5 cm³/mol. The van der Waals surface area contributed by atoms with E-state index < -0.39 is 5.97 Å². The molecule has 0 atom stereocenters. The zero-order valence-corrected chi connectivity index (χ0v) is 9.17. The molecular weight excluding hydrogens is 212 g/mol. The number of nitrogens with zero attached hydrogens (tertiary/aromatic N) is 3. The molecule has 0 saturated heterocycles. The highest BCUT2D eigenvalue weighted by atomic mass is 16.5. The van der Waals surface area contributed by atoms with E-state index in [0.29, 0.717) is 12.4 Å². The SMILES string of the molecule is CCOc1ncnc(N(C)CC(=O)O)c1N. The minimum atomic E-state index is -0.960. The summed E-state index contributed by atoms with van der Waals surface area (Å²) in [5.41, 5.74) is 6.01. The summed E-state index contributed by atoms with van der Waals surface area (Å²) in [5.74, 6) is -0.343. The number of aromatic nitrogens is 2. The summed E-state index contributed by atoms with van der Waals surface area (Å²) in [6.07, 6.45) is 1.29. The number of carboxylic acids is 1. The van der Waals surface area contributed by atoms with Crippen LogP contribution in [0, 0.1) is 0 Å². The number of aliphatic carboxylic acids is 1. The van der Waals surface area contributed by atoms with Crippen molar-refractivity contribution in [2.75, 3.05) is 30.8 Å². The molecule has 16 heavy (non-hydrogen) atoms. The summed E-state index contributed by atoms with van der Waals surface area (Å²) < 4.78 is 5.18. The van der Waals surface area contributed by atoms with Crippen LogP contribution in [0.3, 0.4) is 0 Å². The highest BCUT2D eigenvalue weighted by Crippen LogP contribution is 2.26. The van der Waals surface area contributed by atoms with E-state index in [9.17, 15) is 4.79 Å². The van der Waals surface area contributed by atoms with Crippen molar-refractivity contribution in [3.05, 3.63) is 6.33 Å². The van der Waals surface area contributed by atoms with E-state index in [4.69, 9.17) is 15.6 Å². The number of likely N-dealkylation sites (N-methyl/N-ethyl adjacent to an activating group) is 1. The fourth-order valence-electron chi connectivity index (χ4n) is 1.20. The normalized spacial score (nSPS) is 9.88. The van der Waals surface area contributed by atoms with Crippen LogP contribution >= 0.6 is 0 Å². The Morgan fingerprint density at radius 1 is 1.62 bits per heavy atom. The number of carbonyl (C=O) groups is 1. The smallest absolute Gasteiger partial charge is 0.323 e. The van der Waals surface area contributed by atoms with Crippen LogP contribution in [0.1, 0.15) is 6.92 Å². The van der Waals surface area contributed by atoms with E-state index in [0.717, 1.165) is 0 Å². The van der Waals surface area contributed by atoms with E-state index in [1.807, 2.05) is 6.92 Å². The van der Waals surface area contributed by atoms with E-state index >= 15 is 0 Å². The molecule has 0 aliphatic rings. The third-order valence-electron chi connectivity index (χ3n) is 1.84. The number of hydrogen-bond donors (Lipinski definition) is 2. The van der Waals surface area contributed by atoms with Gasteiger partial charge in [-0.3, -0.25) is 4.79 Å². The first-order valence-electron chi connectivity index (χ1n) is 4.72. The second kappa shape index (κ2) is 5.15. The van der Waals surface area contributed by atoms with Gasteiger partial charge in [-0.05, 0) is 6.92 Å². The molecule has 0 spiro atoms. The van der Waals surface area contributed by atoms with Crippen LogP contribution in [0.5, 0.6) is 5.88 Å². The van der Waals surface area contributed by atoms with Crippen molar-refractivity contribution in [1.29, 1.82) is 0 Å². The number of carboxylic acid groups (broad SMARTS) is 1. The zero-order valence-electron chi connectivity index (χ0n) is 9.17. The lowest BCUT2D eigenvalue weighted by molar-refractivity contribution is -0.135. The molecule has 0 saturated carbocycles. The number of nitrogen functional groups attached to an aromatic ring is 1. The summed E-state index contributed by atoms with van der Waals surface area (Å²) in [6.45, 7) is 2.05. The lowest BCUT2D eigenvalue weighted by Crippen LogP contribution is -2.27. The maximum atomic E-state index is 10.5. The van der Waals surface area contributed by atoms with Crippen LogP contribution < -0.4 is 15.4 Å². The fraction of sp³-hybridized carbons (Fsp3) is 0.444. The van der Waals surface area contributed by atoms with Gasteiger partial charge in [0.1, 0.15) is 18.6 Å². The molecule has 88 valence electrons. The molecule has 1 rings (SSSR count). The van der Waals surface area contributed by atoms with Gasteiger partial charge < -0.3 is 20.5 Å². The first kappa shape index (κ1) is 12.0. The van der Waals surface area contributed by atoms with Crippen LogP contribution in [0.25, 0.3) is 0 Å². The Bertz CT molecular complexity index is 383. The van der Waals surface area contributed by atoms with E-state index in [-0.39, 0.29) is 18.1 Å². The lowest BCUT2D eigenvalue weighted by Gasteiger charge is -2.18. The Labute approximate surface area is 92.9 Å². The predicted octanol–water partition coefficient (Wildman–Crippen LogP) is -0.0217. The molecule has 7 nitrogen and oxygen atoms in total. The van der Waals surface area contributed by atoms with Gasteiger partial charge in [-0.2, -0.15) is 4.98 Å². The number of ether oxygens (including phenoxy) is 1. The molecule has 0 radical (unpaired) electrons. The summed E-state index contributed by atoms with van der Waals surface area (Å²) in [5, 5.41) is 8.65. The average Bonchev–Trinajstić information content (AvgIpc) is 2.20.